The first-order valence-electron chi connectivity index (χ1n) is 11.5. The molecule has 0 spiro atoms. The van der Waals surface area contributed by atoms with Crippen LogP contribution in [0, 0.1) is 4.77 Å². The predicted octanol–water partition coefficient (Wildman–Crippen LogP) is 5.29. The van der Waals surface area contributed by atoms with E-state index >= 15 is 0 Å². The average molecular weight is 521 g/mol. The molecule has 36 heavy (non-hydrogen) atoms. The number of ether oxygens (including phenoxy) is 2. The highest BCUT2D eigenvalue weighted by Gasteiger charge is 2.33. The molecule has 1 aromatic heterocycles. The highest BCUT2D eigenvalue weighted by molar-refractivity contribution is 7.71. The van der Waals surface area contributed by atoms with Crippen LogP contribution in [0.15, 0.2) is 72.8 Å². The molecular formula is C27H25ClN4O3S. The quantitative estimate of drug-likeness (QED) is 0.254. The molecule has 0 bridgehead atoms. The molecule has 9 heteroatoms. The van der Waals surface area contributed by atoms with Gasteiger partial charge in [0.05, 0.1) is 26.6 Å². The average Bonchev–Trinajstić information content (AvgIpc) is 3.23. The van der Waals surface area contributed by atoms with Crippen LogP contribution < -0.4 is 4.74 Å². The number of methoxy groups -OCH3 is 2. The maximum Gasteiger partial charge on any atom is 0.323 e. The lowest BCUT2D eigenvalue weighted by molar-refractivity contribution is -0.148. The summed E-state index contributed by atoms with van der Waals surface area (Å²) in [5.41, 5.74) is 4.05. The minimum absolute atomic E-state index is 0.275. The molecule has 1 atom stereocenters. The normalized spacial score (nSPS) is 15.4. The largest absolute Gasteiger partial charge is 0.497 e. The molecule has 0 radical (unpaired) electrons. The van der Waals surface area contributed by atoms with Crippen LogP contribution in [-0.4, -0.2) is 45.5 Å². The maximum absolute atomic E-state index is 12.7. The van der Waals surface area contributed by atoms with Crippen LogP contribution in [-0.2, 0) is 29.2 Å². The van der Waals surface area contributed by atoms with Gasteiger partial charge in [-0.3, -0.25) is 14.3 Å². The first-order valence-corrected chi connectivity index (χ1v) is 12.3. The first kappa shape index (κ1) is 24.2. The number of halogens is 1. The third-order valence-corrected chi connectivity index (χ3v) is 7.05. The molecule has 0 fully saturated rings. The summed E-state index contributed by atoms with van der Waals surface area (Å²) in [5.74, 6) is 1.16. The van der Waals surface area contributed by atoms with Crippen LogP contribution in [0.2, 0.25) is 5.02 Å². The van der Waals surface area contributed by atoms with Gasteiger partial charge in [0.1, 0.15) is 11.8 Å². The van der Waals surface area contributed by atoms with E-state index < -0.39 is 6.04 Å². The smallest absolute Gasteiger partial charge is 0.323 e. The van der Waals surface area contributed by atoms with E-state index in [-0.39, 0.29) is 5.97 Å². The Balaban J connectivity index is 1.58. The van der Waals surface area contributed by atoms with Crippen molar-refractivity contribution in [3.8, 4) is 22.8 Å². The van der Waals surface area contributed by atoms with Crippen molar-refractivity contribution in [2.75, 3.05) is 14.2 Å². The van der Waals surface area contributed by atoms with Gasteiger partial charge >= 0.3 is 5.97 Å². The van der Waals surface area contributed by atoms with Crippen LogP contribution in [0.1, 0.15) is 11.1 Å². The number of aromatic nitrogens is 3. The van der Waals surface area contributed by atoms with Gasteiger partial charge in [0.25, 0.3) is 0 Å². The molecule has 0 aliphatic carbocycles. The zero-order chi connectivity index (χ0) is 25.2. The van der Waals surface area contributed by atoms with Gasteiger partial charge in [-0.25, -0.2) is 4.68 Å². The van der Waals surface area contributed by atoms with E-state index in [0.717, 1.165) is 22.6 Å². The molecule has 1 aliphatic heterocycles. The molecule has 184 valence electrons. The van der Waals surface area contributed by atoms with Crippen molar-refractivity contribution in [3.63, 3.8) is 0 Å². The van der Waals surface area contributed by atoms with Gasteiger partial charge in [0.2, 0.25) is 4.77 Å². The predicted molar refractivity (Wildman–Crippen MR) is 141 cm³/mol. The minimum atomic E-state index is -0.433. The summed E-state index contributed by atoms with van der Waals surface area (Å²) < 4.78 is 14.6. The summed E-state index contributed by atoms with van der Waals surface area (Å²) in [7, 11) is 3.05. The van der Waals surface area contributed by atoms with Crippen molar-refractivity contribution in [1.29, 1.82) is 0 Å². The summed E-state index contributed by atoms with van der Waals surface area (Å²) in [6.45, 7) is 0.917. The standard InChI is InChI=1S/C27H25ClN4O3S/c1-34-23-13-7-18(8-14-23)25-29-31(27(36)32(25)22-11-9-21(28)10-12-22)17-30-16-20-6-4-3-5-19(20)15-24(30)26(33)35-2/h3-14,24H,15-17H2,1-2H3/t24-/m1/s1. The van der Waals surface area contributed by atoms with Gasteiger partial charge < -0.3 is 9.47 Å². The van der Waals surface area contributed by atoms with Crippen LogP contribution in [0.3, 0.4) is 0 Å². The van der Waals surface area contributed by atoms with Crippen LogP contribution >= 0.6 is 23.8 Å². The van der Waals surface area contributed by atoms with Gasteiger partial charge in [0, 0.05) is 17.1 Å². The number of benzene rings is 3. The topological polar surface area (TPSA) is 61.5 Å². The molecule has 5 rings (SSSR count). The van der Waals surface area contributed by atoms with Crippen LogP contribution in [0.25, 0.3) is 17.1 Å². The summed E-state index contributed by atoms with van der Waals surface area (Å²) in [6, 6.07) is 22.8. The van der Waals surface area contributed by atoms with Crippen molar-refractivity contribution in [3.05, 3.63) is 93.7 Å². The fourth-order valence-corrected chi connectivity index (χ4v) is 4.93. The van der Waals surface area contributed by atoms with Crippen LogP contribution in [0.5, 0.6) is 5.75 Å². The Kier molecular flexibility index (Phi) is 6.91. The third kappa shape index (κ3) is 4.67. The Morgan fingerprint density at radius 1 is 1.03 bits per heavy atom. The van der Waals surface area contributed by atoms with Gasteiger partial charge in [-0.15, -0.1) is 5.10 Å². The Morgan fingerprint density at radius 2 is 1.72 bits per heavy atom. The number of rotatable bonds is 6. The zero-order valence-electron chi connectivity index (χ0n) is 19.9. The minimum Gasteiger partial charge on any atom is -0.497 e. The number of esters is 1. The molecule has 7 nitrogen and oxygen atoms in total. The summed E-state index contributed by atoms with van der Waals surface area (Å²) in [6.07, 6.45) is 0.569. The molecule has 2 heterocycles. The van der Waals surface area contributed by atoms with E-state index in [1.54, 1.807) is 11.8 Å². The van der Waals surface area contributed by atoms with E-state index in [1.165, 1.54) is 12.7 Å². The van der Waals surface area contributed by atoms with Gasteiger partial charge in [-0.05, 0) is 78.3 Å². The second kappa shape index (κ2) is 10.3. The molecule has 0 unspecified atom stereocenters. The van der Waals surface area contributed by atoms with Gasteiger partial charge in [0.15, 0.2) is 5.82 Å². The summed E-state index contributed by atoms with van der Waals surface area (Å²) in [4.78, 5) is 14.8. The number of hydrogen-bond donors (Lipinski definition) is 0. The first-order chi connectivity index (χ1) is 17.5. The molecule has 0 saturated heterocycles. The van der Waals surface area contributed by atoms with E-state index in [1.807, 2.05) is 65.2 Å². The van der Waals surface area contributed by atoms with E-state index in [0.29, 0.717) is 35.3 Å². The summed E-state index contributed by atoms with van der Waals surface area (Å²) in [5, 5.41) is 5.55. The Morgan fingerprint density at radius 3 is 2.39 bits per heavy atom. The van der Waals surface area contributed by atoms with Gasteiger partial charge in [-0.2, -0.15) is 0 Å². The number of fused-ring (bicyclic) bond motifs is 1. The van der Waals surface area contributed by atoms with E-state index in [2.05, 4.69) is 17.0 Å². The fourth-order valence-electron chi connectivity index (χ4n) is 4.52. The molecule has 0 saturated carbocycles. The SMILES string of the molecule is COC(=O)[C@H]1Cc2ccccc2CN1Cn1nc(-c2ccc(OC)cc2)n(-c2ccc(Cl)cc2)c1=S. The van der Waals surface area contributed by atoms with Crippen molar-refractivity contribution in [1.82, 2.24) is 19.2 Å². The zero-order valence-corrected chi connectivity index (χ0v) is 21.5. The maximum atomic E-state index is 12.7. The Bertz CT molecular complexity index is 1450. The lowest BCUT2D eigenvalue weighted by atomic mass is 9.94. The van der Waals surface area contributed by atoms with Gasteiger partial charge in [-0.1, -0.05) is 35.9 Å². The van der Waals surface area contributed by atoms with Crippen molar-refractivity contribution < 1.29 is 14.3 Å². The van der Waals surface area contributed by atoms with E-state index in [9.17, 15) is 4.79 Å². The molecule has 4 aromatic rings. The van der Waals surface area contributed by atoms with Crippen LogP contribution in [0.4, 0.5) is 0 Å². The fraction of sp³-hybridized carbons (Fsp3) is 0.222. The summed E-state index contributed by atoms with van der Waals surface area (Å²) >= 11 is 12.1. The molecule has 1 aliphatic rings. The highest BCUT2D eigenvalue weighted by atomic mass is 35.5. The lowest BCUT2D eigenvalue weighted by Crippen LogP contribution is -2.46. The number of hydrogen-bond acceptors (Lipinski definition) is 6. The number of nitrogens with zero attached hydrogens (tertiary/aromatic N) is 4. The number of carbonyl (C=O) groups excluding carboxylic acids is 1. The third-order valence-electron chi connectivity index (χ3n) is 6.41. The highest BCUT2D eigenvalue weighted by Crippen LogP contribution is 2.28. The van der Waals surface area contributed by atoms with Crippen molar-refractivity contribution >= 4 is 29.8 Å². The van der Waals surface area contributed by atoms with Crippen molar-refractivity contribution in [2.45, 2.75) is 25.7 Å². The molecular weight excluding hydrogens is 496 g/mol. The van der Waals surface area contributed by atoms with Crippen molar-refractivity contribution in [2.24, 2.45) is 0 Å². The van der Waals surface area contributed by atoms with E-state index in [4.69, 9.17) is 38.4 Å². The Hall–Kier alpha value is -3.46. The molecule has 0 N–H and O–H groups in total. The lowest BCUT2D eigenvalue weighted by Gasteiger charge is -2.34. The Labute approximate surface area is 219 Å². The second-order valence-electron chi connectivity index (χ2n) is 8.55. The number of carbonyl (C=O) groups is 1. The second-order valence-corrected chi connectivity index (χ2v) is 9.35. The molecule has 0 amide bonds. The molecule has 3 aromatic carbocycles. The monoisotopic (exact) mass is 520 g/mol.